The highest BCUT2D eigenvalue weighted by Gasteiger charge is 2.19. The van der Waals surface area contributed by atoms with Crippen LogP contribution in [0.25, 0.3) is 0 Å². The van der Waals surface area contributed by atoms with Gasteiger partial charge in [-0.15, -0.1) is 23.5 Å². The summed E-state index contributed by atoms with van der Waals surface area (Å²) in [4.78, 5) is 52.5. The fourth-order valence-electron chi connectivity index (χ4n) is 1.75. The molecule has 32 heavy (non-hydrogen) atoms. The van der Waals surface area contributed by atoms with Crippen molar-refractivity contribution in [3.05, 3.63) is 27.6 Å². The Balaban J connectivity index is 0. The Morgan fingerprint density at radius 3 is 2.12 bits per heavy atom. The van der Waals surface area contributed by atoms with Gasteiger partial charge in [-0.2, -0.15) is 0 Å². The summed E-state index contributed by atoms with van der Waals surface area (Å²) in [5, 5.41) is 2.49. The summed E-state index contributed by atoms with van der Waals surface area (Å²) in [6.07, 6.45) is 3.17. The first kappa shape index (κ1) is 32.4. The SMILES string of the molecule is C.C.CCOC(=O)CSC1=CCC(=O)NC1=O.CCOC(=O)CSc1cnc(Cl)nc1Cl. The molecule has 180 valence electrons. The van der Waals surface area contributed by atoms with E-state index in [1.54, 1.807) is 13.8 Å². The maximum atomic E-state index is 11.2. The molecule has 0 aromatic carbocycles. The van der Waals surface area contributed by atoms with E-state index in [0.717, 1.165) is 11.8 Å². The van der Waals surface area contributed by atoms with E-state index in [2.05, 4.69) is 15.3 Å². The molecule has 0 spiro atoms. The van der Waals surface area contributed by atoms with Gasteiger partial charge in [0.05, 0.1) is 34.5 Å². The molecule has 2 heterocycles. The average Bonchev–Trinajstić information content (AvgIpc) is 2.67. The third-order valence-corrected chi connectivity index (χ3v) is 5.55. The van der Waals surface area contributed by atoms with Crippen LogP contribution in [0.2, 0.25) is 10.4 Å². The molecule has 9 nitrogen and oxygen atoms in total. The Labute approximate surface area is 206 Å². The Bertz CT molecular complexity index is 824. The molecule has 1 N–H and O–H groups in total. The maximum Gasteiger partial charge on any atom is 0.316 e. The van der Waals surface area contributed by atoms with Gasteiger partial charge in [0.1, 0.15) is 5.15 Å². The number of hydrogen-bond donors (Lipinski definition) is 1. The zero-order valence-corrected chi connectivity index (χ0v) is 19.3. The lowest BCUT2D eigenvalue weighted by molar-refractivity contribution is -0.140. The van der Waals surface area contributed by atoms with Gasteiger partial charge >= 0.3 is 11.9 Å². The van der Waals surface area contributed by atoms with E-state index in [1.165, 1.54) is 24.0 Å². The highest BCUT2D eigenvalue weighted by Crippen LogP contribution is 2.25. The van der Waals surface area contributed by atoms with Gasteiger partial charge in [-0.3, -0.25) is 24.5 Å². The minimum atomic E-state index is -0.444. The van der Waals surface area contributed by atoms with Crippen molar-refractivity contribution in [3.8, 4) is 0 Å². The summed E-state index contributed by atoms with van der Waals surface area (Å²) in [5.41, 5.74) is 0. The number of imide groups is 1. The van der Waals surface area contributed by atoms with Gasteiger partial charge in [-0.1, -0.05) is 32.5 Å². The van der Waals surface area contributed by atoms with Crippen molar-refractivity contribution < 1.29 is 28.7 Å². The second-order valence-corrected chi connectivity index (χ2v) is 7.86. The van der Waals surface area contributed by atoms with Crippen molar-refractivity contribution in [2.75, 3.05) is 24.7 Å². The molecule has 0 atom stereocenters. The van der Waals surface area contributed by atoms with Crippen molar-refractivity contribution in [1.29, 1.82) is 0 Å². The lowest BCUT2D eigenvalue weighted by atomic mass is 10.3. The number of esters is 2. The van der Waals surface area contributed by atoms with Gasteiger partial charge in [0.15, 0.2) is 0 Å². The zero-order chi connectivity index (χ0) is 22.5. The van der Waals surface area contributed by atoms with Crippen LogP contribution < -0.4 is 5.32 Å². The fourth-order valence-corrected chi connectivity index (χ4v) is 3.61. The molecule has 1 aromatic heterocycles. The second-order valence-electron chi connectivity index (χ2n) is 5.13. The summed E-state index contributed by atoms with van der Waals surface area (Å²) in [6.45, 7) is 4.15. The van der Waals surface area contributed by atoms with E-state index < -0.39 is 5.91 Å². The number of carbonyl (C=O) groups is 4. The lowest BCUT2D eigenvalue weighted by Crippen LogP contribution is -2.34. The average molecular weight is 528 g/mol. The molecule has 1 aromatic rings. The number of carbonyl (C=O) groups excluding carboxylic acids is 4. The highest BCUT2D eigenvalue weighted by molar-refractivity contribution is 8.04. The number of aromatic nitrogens is 2. The van der Waals surface area contributed by atoms with Crippen LogP contribution in [0.3, 0.4) is 0 Å². The van der Waals surface area contributed by atoms with E-state index in [4.69, 9.17) is 32.7 Å². The van der Waals surface area contributed by atoms with Crippen LogP contribution in [-0.4, -0.2) is 58.4 Å². The van der Waals surface area contributed by atoms with Gasteiger partial charge in [0.25, 0.3) is 5.91 Å². The van der Waals surface area contributed by atoms with Crippen molar-refractivity contribution in [1.82, 2.24) is 15.3 Å². The second kappa shape index (κ2) is 17.7. The fraction of sp³-hybridized carbons (Fsp3) is 0.474. The summed E-state index contributed by atoms with van der Waals surface area (Å²) in [6, 6.07) is 0. The molecule has 13 heteroatoms. The van der Waals surface area contributed by atoms with E-state index in [9.17, 15) is 19.2 Å². The Morgan fingerprint density at radius 1 is 1.06 bits per heavy atom. The molecule has 1 aliphatic heterocycles. The topological polar surface area (TPSA) is 125 Å². The van der Waals surface area contributed by atoms with Crippen molar-refractivity contribution in [2.45, 2.75) is 40.0 Å². The van der Waals surface area contributed by atoms with Crippen molar-refractivity contribution in [3.63, 3.8) is 0 Å². The predicted molar refractivity (Wildman–Crippen MR) is 128 cm³/mol. The minimum Gasteiger partial charge on any atom is -0.465 e. The lowest BCUT2D eigenvalue weighted by Gasteiger charge is -2.11. The summed E-state index contributed by atoms with van der Waals surface area (Å²) < 4.78 is 9.46. The number of rotatable bonds is 8. The van der Waals surface area contributed by atoms with Crippen LogP contribution in [0.5, 0.6) is 0 Å². The Kier molecular flexibility index (Phi) is 17.9. The largest absolute Gasteiger partial charge is 0.465 e. The maximum absolute atomic E-state index is 11.2. The molecule has 0 saturated heterocycles. The number of hydrogen-bond acceptors (Lipinski definition) is 10. The Hall–Kier alpha value is -1.82. The van der Waals surface area contributed by atoms with Gasteiger partial charge in [0.2, 0.25) is 11.2 Å². The molecule has 0 bridgehead atoms. The zero-order valence-electron chi connectivity index (χ0n) is 16.1. The summed E-state index contributed by atoms with van der Waals surface area (Å²) in [5.74, 6) is -1.16. The molecule has 0 saturated carbocycles. The van der Waals surface area contributed by atoms with Gasteiger partial charge < -0.3 is 9.47 Å². The molecule has 2 amide bonds. The number of ether oxygens (including phenoxy) is 2. The van der Waals surface area contributed by atoms with Crippen molar-refractivity contribution in [2.24, 2.45) is 0 Å². The molecule has 0 fully saturated rings. The molecule has 0 aliphatic carbocycles. The first-order valence-electron chi connectivity index (χ1n) is 8.56. The molecular formula is C19H27Cl2N3O6S2. The van der Waals surface area contributed by atoms with E-state index in [1.807, 2.05) is 0 Å². The molecule has 0 radical (unpaired) electrons. The normalized spacial score (nSPS) is 12.1. The van der Waals surface area contributed by atoms with Crippen LogP contribution in [0.4, 0.5) is 0 Å². The molecule has 2 rings (SSSR count). The van der Waals surface area contributed by atoms with Crippen LogP contribution in [-0.2, 0) is 28.7 Å². The van der Waals surface area contributed by atoms with Gasteiger partial charge in [-0.25, -0.2) is 9.97 Å². The summed E-state index contributed by atoms with van der Waals surface area (Å²) in [7, 11) is 0. The number of amides is 2. The Morgan fingerprint density at radius 2 is 1.62 bits per heavy atom. The molecule has 0 unspecified atom stereocenters. The standard InChI is InChI=1S/C9H11NO4S.C8H8Cl2N2O2S.2CH4/c1-2-14-8(12)5-15-6-3-4-7(11)10-9(6)13;1-2-14-6(13)4-15-5-3-11-8(10)12-7(5)9;;/h3H,2,4-5H2,1H3,(H,10,11,13);3H,2,4H2,1H3;2*1H4. The van der Waals surface area contributed by atoms with Crippen LogP contribution in [0.15, 0.2) is 22.1 Å². The molecular weight excluding hydrogens is 501 g/mol. The van der Waals surface area contributed by atoms with Crippen LogP contribution in [0.1, 0.15) is 35.1 Å². The number of nitrogens with zero attached hydrogens (tertiary/aromatic N) is 2. The first-order chi connectivity index (χ1) is 14.3. The number of nitrogens with one attached hydrogen (secondary N) is 1. The number of halogens is 2. The van der Waals surface area contributed by atoms with Gasteiger partial charge in [0, 0.05) is 12.6 Å². The monoisotopic (exact) mass is 527 g/mol. The summed E-state index contributed by atoms with van der Waals surface area (Å²) >= 11 is 13.6. The quantitative estimate of drug-likeness (QED) is 0.174. The van der Waals surface area contributed by atoms with E-state index in [0.29, 0.717) is 23.0 Å². The first-order valence-corrected chi connectivity index (χ1v) is 11.3. The van der Waals surface area contributed by atoms with Crippen LogP contribution in [0, 0.1) is 0 Å². The van der Waals surface area contributed by atoms with Crippen molar-refractivity contribution >= 4 is 70.5 Å². The van der Waals surface area contributed by atoms with Gasteiger partial charge in [-0.05, 0) is 25.4 Å². The van der Waals surface area contributed by atoms with Crippen LogP contribution >= 0.6 is 46.7 Å². The predicted octanol–water partition coefficient (Wildman–Crippen LogP) is 3.92. The highest BCUT2D eigenvalue weighted by atomic mass is 35.5. The third-order valence-electron chi connectivity index (χ3n) is 2.93. The minimum absolute atomic E-state index is 0. The number of thioether (sulfide) groups is 2. The van der Waals surface area contributed by atoms with E-state index >= 15 is 0 Å². The molecule has 1 aliphatic rings. The van der Waals surface area contributed by atoms with E-state index in [-0.39, 0.29) is 61.1 Å². The smallest absolute Gasteiger partial charge is 0.316 e. The third kappa shape index (κ3) is 12.9.